The summed E-state index contributed by atoms with van der Waals surface area (Å²) in [5.74, 6) is 0.516. The molecule has 1 saturated heterocycles. The molecule has 4 nitrogen and oxygen atoms in total. The van der Waals surface area contributed by atoms with Crippen LogP contribution in [-0.4, -0.2) is 41.8 Å². The van der Waals surface area contributed by atoms with Gasteiger partial charge in [0.2, 0.25) is 0 Å². The third-order valence-electron chi connectivity index (χ3n) is 5.46. The maximum absolute atomic E-state index is 4.74. The Morgan fingerprint density at radius 2 is 2.04 bits per heavy atom. The average Bonchev–Trinajstić information content (AvgIpc) is 2.62. The van der Waals surface area contributed by atoms with Crippen molar-refractivity contribution in [3.8, 4) is 0 Å². The maximum Gasteiger partial charge on any atom is 0.0573 e. The Hall–Kier alpha value is -1.52. The summed E-state index contributed by atoms with van der Waals surface area (Å²) in [7, 11) is 0. The van der Waals surface area contributed by atoms with E-state index in [1.807, 2.05) is 19.3 Å². The van der Waals surface area contributed by atoms with Gasteiger partial charge in [0.25, 0.3) is 0 Å². The topological polar surface area (TPSA) is 40.5 Å². The van der Waals surface area contributed by atoms with E-state index in [0.717, 1.165) is 26.2 Å². The third-order valence-corrected chi connectivity index (χ3v) is 5.46. The predicted octanol–water partition coefficient (Wildman–Crippen LogP) is 4.27. The van der Waals surface area contributed by atoms with Crippen molar-refractivity contribution >= 4 is 6.21 Å². The molecule has 0 aliphatic carbocycles. The van der Waals surface area contributed by atoms with E-state index in [1.165, 1.54) is 40.9 Å². The Morgan fingerprint density at radius 1 is 1.35 bits per heavy atom. The van der Waals surface area contributed by atoms with Crippen molar-refractivity contribution in [3.63, 3.8) is 0 Å². The van der Waals surface area contributed by atoms with Gasteiger partial charge in [-0.1, -0.05) is 19.9 Å². The van der Waals surface area contributed by atoms with E-state index >= 15 is 0 Å². The molecule has 1 aromatic rings. The van der Waals surface area contributed by atoms with Crippen LogP contribution in [0.1, 0.15) is 57.4 Å². The lowest BCUT2D eigenvalue weighted by Crippen LogP contribution is -2.43. The van der Waals surface area contributed by atoms with Gasteiger partial charge < -0.3 is 5.32 Å². The molecule has 0 atom stereocenters. The second-order valence-electron chi connectivity index (χ2n) is 7.83. The van der Waals surface area contributed by atoms with Gasteiger partial charge in [-0.2, -0.15) is 0 Å². The minimum absolute atomic E-state index is 0.516. The van der Waals surface area contributed by atoms with E-state index in [9.17, 15) is 0 Å². The van der Waals surface area contributed by atoms with E-state index in [4.69, 9.17) is 9.98 Å². The molecule has 1 N–H and O–H groups in total. The molecule has 0 unspecified atom stereocenters. The van der Waals surface area contributed by atoms with Gasteiger partial charge in [0.1, 0.15) is 0 Å². The van der Waals surface area contributed by atoms with Crippen LogP contribution in [-0.2, 0) is 6.54 Å². The quantitative estimate of drug-likeness (QED) is 0.742. The average molecular weight is 357 g/mol. The highest BCUT2D eigenvalue weighted by atomic mass is 15.2. The normalized spacial score (nSPS) is 17.4. The zero-order valence-electron chi connectivity index (χ0n) is 17.5. The fraction of sp³-hybridized carbons (Fsp3) is 0.636. The van der Waals surface area contributed by atoms with Crippen LogP contribution in [0.3, 0.4) is 0 Å². The molecule has 0 amide bonds. The molecule has 1 aliphatic rings. The van der Waals surface area contributed by atoms with Gasteiger partial charge in [-0.3, -0.25) is 14.9 Å². The lowest BCUT2D eigenvalue weighted by Gasteiger charge is -2.35. The van der Waals surface area contributed by atoms with Crippen LogP contribution in [0.15, 0.2) is 28.5 Å². The lowest BCUT2D eigenvalue weighted by molar-refractivity contribution is 0.164. The molecule has 1 aromatic heterocycles. The largest absolute Gasteiger partial charge is 0.317 e. The van der Waals surface area contributed by atoms with Crippen molar-refractivity contribution < 1.29 is 0 Å². The van der Waals surface area contributed by atoms with Crippen LogP contribution in [0.25, 0.3) is 0 Å². The monoisotopic (exact) mass is 356 g/mol. The van der Waals surface area contributed by atoms with Crippen molar-refractivity contribution in [1.29, 1.82) is 0 Å². The van der Waals surface area contributed by atoms with Gasteiger partial charge in [0.05, 0.1) is 11.4 Å². The summed E-state index contributed by atoms with van der Waals surface area (Å²) in [4.78, 5) is 12.1. The number of nitrogens with zero attached hydrogens (tertiary/aromatic N) is 3. The molecule has 0 saturated carbocycles. The van der Waals surface area contributed by atoms with Crippen LogP contribution in [0, 0.1) is 19.8 Å². The minimum Gasteiger partial charge on any atom is -0.317 e. The van der Waals surface area contributed by atoms with Crippen molar-refractivity contribution in [2.24, 2.45) is 10.9 Å². The predicted molar refractivity (Wildman–Crippen MR) is 112 cm³/mol. The van der Waals surface area contributed by atoms with Crippen molar-refractivity contribution in [1.82, 2.24) is 15.2 Å². The summed E-state index contributed by atoms with van der Waals surface area (Å²) < 4.78 is 0. The molecule has 1 aliphatic heterocycles. The van der Waals surface area contributed by atoms with Gasteiger partial charge in [-0.15, -0.1) is 0 Å². The standard InChI is InChI=1S/C22H36N4/c1-7-24-22(19(6)16(2)3)15-26(20-8-10-23-11-9-20)14-21-18(5)12-17(4)13-25-21/h7,12-13,16,20,23H,8-11,14-15H2,1-6H3/b22-19+,24-7?. The van der Waals surface area contributed by atoms with Crippen LogP contribution in [0.2, 0.25) is 0 Å². The highest BCUT2D eigenvalue weighted by Gasteiger charge is 2.23. The minimum atomic E-state index is 0.516. The molecular formula is C22H36N4. The third kappa shape index (κ3) is 5.75. The van der Waals surface area contributed by atoms with Crippen molar-refractivity contribution in [2.45, 2.75) is 67.0 Å². The first-order chi connectivity index (χ1) is 12.4. The molecule has 1 fully saturated rings. The van der Waals surface area contributed by atoms with Gasteiger partial charge >= 0.3 is 0 Å². The number of aromatic nitrogens is 1. The van der Waals surface area contributed by atoms with Crippen LogP contribution in [0.5, 0.6) is 0 Å². The fourth-order valence-corrected chi connectivity index (χ4v) is 3.54. The number of aliphatic imine (C=N–C) groups is 1. The highest BCUT2D eigenvalue weighted by molar-refractivity contribution is 5.55. The number of piperidine rings is 1. The van der Waals surface area contributed by atoms with E-state index in [1.54, 1.807) is 0 Å². The smallest absolute Gasteiger partial charge is 0.0573 e. The maximum atomic E-state index is 4.74. The lowest BCUT2D eigenvalue weighted by atomic mass is 10.00. The first kappa shape index (κ1) is 20.8. The Labute approximate surface area is 159 Å². The van der Waals surface area contributed by atoms with Crippen molar-refractivity contribution in [2.75, 3.05) is 19.6 Å². The fourth-order valence-electron chi connectivity index (χ4n) is 3.54. The molecular weight excluding hydrogens is 320 g/mol. The molecule has 0 spiro atoms. The summed E-state index contributed by atoms with van der Waals surface area (Å²) in [6.07, 6.45) is 6.30. The Balaban J connectivity index is 2.29. The van der Waals surface area contributed by atoms with Crippen molar-refractivity contribution in [3.05, 3.63) is 40.4 Å². The summed E-state index contributed by atoms with van der Waals surface area (Å²) in [5, 5.41) is 3.49. The SMILES string of the molecule is CC=N/C(CN(Cc1ncc(C)cc1C)C1CCNCC1)=C(\C)C(C)C. The van der Waals surface area contributed by atoms with Gasteiger partial charge in [0.15, 0.2) is 0 Å². The second-order valence-corrected chi connectivity index (χ2v) is 7.83. The van der Waals surface area contributed by atoms with E-state index < -0.39 is 0 Å². The number of aryl methyl sites for hydroxylation is 2. The summed E-state index contributed by atoms with van der Waals surface area (Å²) in [5.41, 5.74) is 6.30. The van der Waals surface area contributed by atoms with Gasteiger partial charge in [-0.25, -0.2) is 0 Å². The summed E-state index contributed by atoms with van der Waals surface area (Å²) in [6, 6.07) is 2.82. The van der Waals surface area contributed by atoms with Crippen LogP contribution >= 0.6 is 0 Å². The number of nitrogens with one attached hydrogen (secondary N) is 1. The Morgan fingerprint density at radius 3 is 2.62 bits per heavy atom. The molecule has 26 heavy (non-hydrogen) atoms. The van der Waals surface area contributed by atoms with E-state index in [0.29, 0.717) is 12.0 Å². The number of allylic oxidation sites excluding steroid dienone is 1. The number of rotatable bonds is 7. The molecule has 0 aromatic carbocycles. The molecule has 144 valence electrons. The molecule has 4 heteroatoms. The molecule has 0 radical (unpaired) electrons. The number of hydrogen-bond acceptors (Lipinski definition) is 4. The molecule has 2 heterocycles. The van der Waals surface area contributed by atoms with E-state index in [-0.39, 0.29) is 0 Å². The van der Waals surface area contributed by atoms with E-state index in [2.05, 4.69) is 50.9 Å². The van der Waals surface area contributed by atoms with Gasteiger partial charge in [0, 0.05) is 31.5 Å². The zero-order chi connectivity index (χ0) is 19.1. The first-order valence-corrected chi connectivity index (χ1v) is 9.97. The molecule has 0 bridgehead atoms. The number of hydrogen-bond donors (Lipinski definition) is 1. The van der Waals surface area contributed by atoms with Crippen LogP contribution < -0.4 is 5.32 Å². The van der Waals surface area contributed by atoms with Crippen LogP contribution in [0.4, 0.5) is 0 Å². The first-order valence-electron chi connectivity index (χ1n) is 9.97. The highest BCUT2D eigenvalue weighted by Crippen LogP contribution is 2.22. The number of pyridine rings is 1. The molecule has 2 rings (SSSR count). The summed E-state index contributed by atoms with van der Waals surface area (Å²) >= 11 is 0. The zero-order valence-corrected chi connectivity index (χ0v) is 17.5. The second kappa shape index (κ2) is 9.98. The summed E-state index contributed by atoms with van der Waals surface area (Å²) in [6.45, 7) is 17.0. The Bertz CT molecular complexity index is 640. The van der Waals surface area contributed by atoms with Gasteiger partial charge in [-0.05, 0) is 76.2 Å². The Kier molecular flexibility index (Phi) is 7.98.